The molecular weight excluding hydrogens is 246 g/mol. The molecule has 2 heterocycles. The number of ether oxygens (including phenoxy) is 1. The molecule has 0 amide bonds. The van der Waals surface area contributed by atoms with Crippen molar-refractivity contribution in [2.24, 2.45) is 5.73 Å². The Morgan fingerprint density at radius 1 is 1.50 bits per heavy atom. The number of thiazole rings is 1. The lowest BCUT2D eigenvalue weighted by atomic mass is 10.0. The predicted molar refractivity (Wildman–Crippen MR) is 76.3 cm³/mol. The summed E-state index contributed by atoms with van der Waals surface area (Å²) >= 11 is 1.73. The van der Waals surface area contributed by atoms with Gasteiger partial charge in [0, 0.05) is 18.0 Å². The van der Waals surface area contributed by atoms with Gasteiger partial charge in [0.05, 0.1) is 24.4 Å². The van der Waals surface area contributed by atoms with Crippen molar-refractivity contribution in [2.45, 2.75) is 45.7 Å². The second-order valence-electron chi connectivity index (χ2n) is 5.68. The van der Waals surface area contributed by atoms with Crippen LogP contribution in [-0.2, 0) is 11.3 Å². The highest BCUT2D eigenvalue weighted by Gasteiger charge is 2.33. The first kappa shape index (κ1) is 13.8. The van der Waals surface area contributed by atoms with Crippen molar-refractivity contribution in [3.8, 4) is 0 Å². The minimum absolute atomic E-state index is 0.0101. The van der Waals surface area contributed by atoms with Crippen LogP contribution in [-0.4, -0.2) is 30.3 Å². The molecule has 0 aromatic carbocycles. The van der Waals surface area contributed by atoms with Gasteiger partial charge in [-0.1, -0.05) is 13.8 Å². The summed E-state index contributed by atoms with van der Waals surface area (Å²) in [7, 11) is 0. The van der Waals surface area contributed by atoms with Gasteiger partial charge in [0.25, 0.3) is 0 Å². The van der Waals surface area contributed by atoms with Crippen LogP contribution in [0.25, 0.3) is 0 Å². The number of anilines is 1. The summed E-state index contributed by atoms with van der Waals surface area (Å²) < 4.78 is 5.56. The fourth-order valence-corrected chi connectivity index (χ4v) is 3.56. The Labute approximate surface area is 113 Å². The van der Waals surface area contributed by atoms with Crippen LogP contribution >= 0.6 is 11.3 Å². The quantitative estimate of drug-likeness (QED) is 0.915. The van der Waals surface area contributed by atoms with Gasteiger partial charge in [-0.15, -0.1) is 11.3 Å². The molecule has 1 aromatic heterocycles. The van der Waals surface area contributed by atoms with E-state index in [4.69, 9.17) is 15.5 Å². The van der Waals surface area contributed by atoms with E-state index in [0.717, 1.165) is 30.6 Å². The number of nitrogens with zero attached hydrogens (tertiary/aromatic N) is 2. The molecule has 0 unspecified atom stereocenters. The lowest BCUT2D eigenvalue weighted by molar-refractivity contribution is 0.0643. The number of rotatable bonds is 3. The fraction of sp³-hybridized carbons (Fsp3) is 0.769. The number of nitrogens with two attached hydrogens (primary N) is 1. The Morgan fingerprint density at radius 2 is 2.22 bits per heavy atom. The molecule has 2 N–H and O–H groups in total. The van der Waals surface area contributed by atoms with Gasteiger partial charge < -0.3 is 15.4 Å². The predicted octanol–water partition coefficient (Wildman–Crippen LogP) is 2.34. The topological polar surface area (TPSA) is 51.4 Å². The molecule has 2 rings (SSSR count). The van der Waals surface area contributed by atoms with E-state index in [2.05, 4.69) is 32.6 Å². The fourth-order valence-electron chi connectivity index (χ4n) is 2.28. The van der Waals surface area contributed by atoms with Crippen LogP contribution in [0.1, 0.15) is 44.2 Å². The van der Waals surface area contributed by atoms with Crippen LogP contribution in [0.4, 0.5) is 5.13 Å². The third-order valence-corrected chi connectivity index (χ3v) is 4.44. The Bertz CT molecular complexity index is 414. The van der Waals surface area contributed by atoms with Gasteiger partial charge in [0.15, 0.2) is 5.13 Å². The minimum Gasteiger partial charge on any atom is -0.377 e. The number of morpholine rings is 1. The first-order valence-electron chi connectivity index (χ1n) is 6.50. The SMILES string of the molecule is CC(C)c1nc(N2CCOCC2(C)C)sc1CN. The van der Waals surface area contributed by atoms with Crippen molar-refractivity contribution in [3.63, 3.8) is 0 Å². The molecule has 1 aliphatic rings. The van der Waals surface area contributed by atoms with Crippen LogP contribution in [0.15, 0.2) is 0 Å². The molecule has 4 nitrogen and oxygen atoms in total. The third-order valence-electron chi connectivity index (χ3n) is 3.32. The smallest absolute Gasteiger partial charge is 0.186 e. The van der Waals surface area contributed by atoms with Crippen LogP contribution in [0.5, 0.6) is 0 Å². The Morgan fingerprint density at radius 3 is 2.72 bits per heavy atom. The van der Waals surface area contributed by atoms with Gasteiger partial charge in [-0.05, 0) is 19.8 Å². The summed E-state index contributed by atoms with van der Waals surface area (Å²) in [5, 5.41) is 1.09. The van der Waals surface area contributed by atoms with E-state index in [1.807, 2.05) is 0 Å². The maximum atomic E-state index is 5.83. The van der Waals surface area contributed by atoms with E-state index in [1.165, 1.54) is 4.88 Å². The summed E-state index contributed by atoms with van der Waals surface area (Å²) in [6.07, 6.45) is 0. The molecule has 1 fully saturated rings. The Hall–Kier alpha value is -0.650. The molecule has 0 radical (unpaired) electrons. The van der Waals surface area contributed by atoms with E-state index < -0.39 is 0 Å². The summed E-state index contributed by atoms with van der Waals surface area (Å²) in [4.78, 5) is 8.37. The molecule has 18 heavy (non-hydrogen) atoms. The molecule has 0 atom stereocenters. The van der Waals surface area contributed by atoms with E-state index in [0.29, 0.717) is 12.5 Å². The van der Waals surface area contributed by atoms with Crippen LogP contribution in [0, 0.1) is 0 Å². The van der Waals surface area contributed by atoms with E-state index >= 15 is 0 Å². The monoisotopic (exact) mass is 269 g/mol. The molecule has 0 bridgehead atoms. The number of aromatic nitrogens is 1. The number of hydrogen-bond acceptors (Lipinski definition) is 5. The zero-order chi connectivity index (χ0) is 13.3. The Balaban J connectivity index is 2.32. The van der Waals surface area contributed by atoms with Crippen LogP contribution in [0.3, 0.4) is 0 Å². The maximum Gasteiger partial charge on any atom is 0.186 e. The van der Waals surface area contributed by atoms with Crippen LogP contribution < -0.4 is 10.6 Å². The Kier molecular flexibility index (Phi) is 3.94. The highest BCUT2D eigenvalue weighted by Crippen LogP contribution is 2.34. The van der Waals surface area contributed by atoms with Gasteiger partial charge in [0.1, 0.15) is 0 Å². The molecule has 0 spiro atoms. The standard InChI is InChI=1S/C13H23N3OS/c1-9(2)11-10(7-14)18-12(15-11)16-5-6-17-8-13(16,3)4/h9H,5-8,14H2,1-4H3. The second kappa shape index (κ2) is 5.15. The first-order chi connectivity index (χ1) is 8.45. The maximum absolute atomic E-state index is 5.83. The lowest BCUT2D eigenvalue weighted by Crippen LogP contribution is -2.53. The molecular formula is C13H23N3OS. The zero-order valence-electron chi connectivity index (χ0n) is 11.7. The van der Waals surface area contributed by atoms with Crippen molar-refractivity contribution in [1.29, 1.82) is 0 Å². The van der Waals surface area contributed by atoms with Crippen molar-refractivity contribution in [3.05, 3.63) is 10.6 Å². The van der Waals surface area contributed by atoms with Crippen molar-refractivity contribution >= 4 is 16.5 Å². The highest BCUT2D eigenvalue weighted by molar-refractivity contribution is 7.15. The molecule has 102 valence electrons. The summed E-state index contributed by atoms with van der Waals surface area (Å²) in [5.41, 5.74) is 6.99. The van der Waals surface area contributed by atoms with Crippen LogP contribution in [0.2, 0.25) is 0 Å². The van der Waals surface area contributed by atoms with E-state index in [1.54, 1.807) is 11.3 Å². The summed E-state index contributed by atoms with van der Waals surface area (Å²) in [6.45, 7) is 11.7. The van der Waals surface area contributed by atoms with Gasteiger partial charge >= 0.3 is 0 Å². The molecule has 5 heteroatoms. The number of hydrogen-bond donors (Lipinski definition) is 1. The summed E-state index contributed by atoms with van der Waals surface area (Å²) in [6, 6.07) is 0. The molecule has 1 aromatic rings. The average Bonchev–Trinajstić information content (AvgIpc) is 2.72. The van der Waals surface area contributed by atoms with Gasteiger partial charge in [-0.2, -0.15) is 0 Å². The zero-order valence-corrected chi connectivity index (χ0v) is 12.5. The summed E-state index contributed by atoms with van der Waals surface area (Å²) in [5.74, 6) is 0.428. The molecule has 0 saturated carbocycles. The third kappa shape index (κ3) is 2.53. The van der Waals surface area contributed by atoms with Gasteiger partial charge in [-0.25, -0.2) is 4.98 Å². The highest BCUT2D eigenvalue weighted by atomic mass is 32.1. The van der Waals surface area contributed by atoms with Gasteiger partial charge in [-0.3, -0.25) is 0 Å². The normalized spacial score (nSPS) is 19.6. The van der Waals surface area contributed by atoms with E-state index in [9.17, 15) is 0 Å². The molecule has 1 saturated heterocycles. The second-order valence-corrected chi connectivity index (χ2v) is 6.74. The van der Waals surface area contributed by atoms with Gasteiger partial charge in [0.2, 0.25) is 0 Å². The molecule has 0 aliphatic carbocycles. The molecule has 1 aliphatic heterocycles. The van der Waals surface area contributed by atoms with E-state index in [-0.39, 0.29) is 5.54 Å². The largest absolute Gasteiger partial charge is 0.377 e. The van der Waals surface area contributed by atoms with Crippen molar-refractivity contribution in [1.82, 2.24) is 4.98 Å². The van der Waals surface area contributed by atoms with Crippen molar-refractivity contribution < 1.29 is 4.74 Å². The van der Waals surface area contributed by atoms with Crippen molar-refractivity contribution in [2.75, 3.05) is 24.7 Å². The minimum atomic E-state index is 0.0101. The average molecular weight is 269 g/mol. The first-order valence-corrected chi connectivity index (χ1v) is 7.32. The lowest BCUT2D eigenvalue weighted by Gasteiger charge is -2.42.